The Bertz CT molecular complexity index is 760. The Balaban J connectivity index is 1.59. The molecule has 0 atom stereocenters. The van der Waals surface area contributed by atoms with Crippen molar-refractivity contribution in [3.63, 3.8) is 0 Å². The van der Waals surface area contributed by atoms with E-state index in [1.807, 2.05) is 0 Å². The first-order valence-electron chi connectivity index (χ1n) is 8.33. The van der Waals surface area contributed by atoms with Gasteiger partial charge in [0.15, 0.2) is 11.5 Å². The number of carbonyl (C=O) groups excluding carboxylic acids is 3. The quantitative estimate of drug-likeness (QED) is 0.566. The Morgan fingerprint density at radius 2 is 1.64 bits per heavy atom. The molecule has 8 heteroatoms. The molecule has 132 valence electrons. The molecule has 4 amide bonds. The molecule has 2 aliphatic heterocycles. The van der Waals surface area contributed by atoms with Crippen LogP contribution in [0.2, 0.25) is 0 Å². The molecule has 1 aromatic rings. The predicted octanol–water partition coefficient (Wildman–Crippen LogP) is 2.45. The topological polar surface area (TPSA) is 76.2 Å². The summed E-state index contributed by atoms with van der Waals surface area (Å²) in [4.78, 5) is 39.4. The number of ether oxygens (including phenoxy) is 2. The molecule has 1 aromatic carbocycles. The average Bonchev–Trinajstić information content (AvgIpc) is 3.19. The van der Waals surface area contributed by atoms with Gasteiger partial charge in [0, 0.05) is 10.5 Å². The van der Waals surface area contributed by atoms with E-state index in [9.17, 15) is 14.4 Å². The zero-order valence-corrected chi connectivity index (χ0v) is 15.1. The Morgan fingerprint density at radius 1 is 1.00 bits per heavy atom. The van der Waals surface area contributed by atoms with Gasteiger partial charge in [-0.25, -0.2) is 4.79 Å². The third kappa shape index (κ3) is 2.78. The largest absolute Gasteiger partial charge is 0.486 e. The lowest BCUT2D eigenvalue weighted by Gasteiger charge is -2.22. The second kappa shape index (κ2) is 6.33. The fourth-order valence-electron chi connectivity index (χ4n) is 3.54. The van der Waals surface area contributed by atoms with Crippen molar-refractivity contribution < 1.29 is 23.9 Å². The first-order chi connectivity index (χ1) is 12.1. The smallest absolute Gasteiger partial charge is 0.334 e. The molecule has 3 aliphatic rings. The molecule has 1 aliphatic carbocycles. The van der Waals surface area contributed by atoms with Gasteiger partial charge in [-0.2, -0.15) is 0 Å². The third-order valence-corrected chi connectivity index (χ3v) is 5.55. The number of imide groups is 2. The summed E-state index contributed by atoms with van der Waals surface area (Å²) in [5.74, 6) is -0.295. The van der Waals surface area contributed by atoms with E-state index < -0.39 is 17.8 Å². The van der Waals surface area contributed by atoms with E-state index in [2.05, 4.69) is 15.9 Å². The maximum absolute atomic E-state index is 12.7. The van der Waals surface area contributed by atoms with Crippen LogP contribution in [0.3, 0.4) is 0 Å². The van der Waals surface area contributed by atoms with Crippen LogP contribution in [0.25, 0.3) is 0 Å². The van der Waals surface area contributed by atoms with Crippen molar-refractivity contribution in [3.8, 4) is 11.5 Å². The maximum atomic E-state index is 12.7. The van der Waals surface area contributed by atoms with Gasteiger partial charge in [0.05, 0.1) is 6.54 Å². The number of carbonyl (C=O) groups is 3. The van der Waals surface area contributed by atoms with Gasteiger partial charge in [-0.05, 0) is 30.5 Å². The fourth-order valence-corrected chi connectivity index (χ4v) is 3.99. The van der Waals surface area contributed by atoms with Gasteiger partial charge in [-0.1, -0.05) is 28.8 Å². The summed E-state index contributed by atoms with van der Waals surface area (Å²) in [6, 6.07) is 2.81. The molecular formula is C17H17BrN2O5. The van der Waals surface area contributed by atoms with Gasteiger partial charge in [-0.15, -0.1) is 0 Å². The van der Waals surface area contributed by atoms with Gasteiger partial charge < -0.3 is 9.47 Å². The van der Waals surface area contributed by atoms with E-state index in [0.29, 0.717) is 34.7 Å². The van der Waals surface area contributed by atoms with Gasteiger partial charge in [0.25, 0.3) is 0 Å². The first kappa shape index (κ1) is 16.4. The molecule has 0 radical (unpaired) electrons. The summed E-state index contributed by atoms with van der Waals surface area (Å²) in [5, 5.41) is 0. The number of nitrogens with zero attached hydrogens (tertiary/aromatic N) is 2. The van der Waals surface area contributed by atoms with Crippen molar-refractivity contribution in [1.29, 1.82) is 0 Å². The Kier molecular flexibility index (Phi) is 4.15. The Morgan fingerprint density at radius 3 is 2.32 bits per heavy atom. The summed E-state index contributed by atoms with van der Waals surface area (Å²) in [7, 11) is 0. The highest BCUT2D eigenvalue weighted by Gasteiger charge is 2.48. The van der Waals surface area contributed by atoms with E-state index in [0.717, 1.165) is 35.5 Å². The van der Waals surface area contributed by atoms with Crippen LogP contribution in [0.1, 0.15) is 31.2 Å². The molecule has 1 saturated heterocycles. The minimum atomic E-state index is -0.765. The van der Waals surface area contributed by atoms with Crippen LogP contribution < -0.4 is 9.47 Å². The number of fused-ring (bicyclic) bond motifs is 1. The van der Waals surface area contributed by atoms with Crippen LogP contribution in [-0.4, -0.2) is 46.9 Å². The molecule has 0 unspecified atom stereocenters. The van der Waals surface area contributed by atoms with Crippen molar-refractivity contribution in [2.75, 3.05) is 13.2 Å². The number of hydrogen-bond acceptors (Lipinski definition) is 5. The molecular weight excluding hydrogens is 392 g/mol. The average molecular weight is 409 g/mol. The van der Waals surface area contributed by atoms with E-state index in [4.69, 9.17) is 9.47 Å². The summed E-state index contributed by atoms with van der Waals surface area (Å²) in [6.45, 7) is 0.945. The molecule has 7 nitrogen and oxygen atoms in total. The Hall–Kier alpha value is -2.09. The number of rotatable bonds is 3. The lowest BCUT2D eigenvalue weighted by Crippen LogP contribution is -2.39. The molecule has 2 heterocycles. The molecule has 0 aromatic heterocycles. The summed E-state index contributed by atoms with van der Waals surface area (Å²) in [6.07, 6.45) is 3.49. The van der Waals surface area contributed by atoms with Gasteiger partial charge in [-0.3, -0.25) is 19.4 Å². The van der Waals surface area contributed by atoms with Crippen molar-refractivity contribution in [2.24, 2.45) is 0 Å². The van der Waals surface area contributed by atoms with Gasteiger partial charge >= 0.3 is 17.8 Å². The van der Waals surface area contributed by atoms with Crippen LogP contribution in [0.15, 0.2) is 16.6 Å². The zero-order valence-electron chi connectivity index (χ0n) is 13.5. The third-order valence-electron chi connectivity index (χ3n) is 4.81. The molecule has 0 bridgehead atoms. The monoisotopic (exact) mass is 408 g/mol. The number of urea groups is 1. The highest BCUT2D eigenvalue weighted by Crippen LogP contribution is 2.37. The normalized spacial score (nSPS) is 20.8. The van der Waals surface area contributed by atoms with Gasteiger partial charge in [0.1, 0.15) is 13.2 Å². The second-order valence-corrected chi connectivity index (χ2v) is 7.23. The minimum absolute atomic E-state index is 0.0177. The first-order valence-corrected chi connectivity index (χ1v) is 9.12. The van der Waals surface area contributed by atoms with Crippen molar-refractivity contribution in [1.82, 2.24) is 9.80 Å². The Labute approximate surface area is 153 Å². The van der Waals surface area contributed by atoms with Crippen LogP contribution in [0.4, 0.5) is 4.79 Å². The molecule has 2 fully saturated rings. The molecule has 0 N–H and O–H groups in total. The predicted molar refractivity (Wildman–Crippen MR) is 90.2 cm³/mol. The zero-order chi connectivity index (χ0) is 17.6. The fraction of sp³-hybridized carbons (Fsp3) is 0.471. The van der Waals surface area contributed by atoms with Crippen LogP contribution in [0.5, 0.6) is 11.5 Å². The minimum Gasteiger partial charge on any atom is -0.486 e. The van der Waals surface area contributed by atoms with Crippen molar-refractivity contribution in [3.05, 3.63) is 22.2 Å². The number of amides is 4. The SMILES string of the molecule is O=C1C(=O)N(C2CCCC2)C(=O)N1Cc1cc2c(cc1Br)OCCO2. The van der Waals surface area contributed by atoms with E-state index in [1.165, 1.54) is 0 Å². The molecule has 25 heavy (non-hydrogen) atoms. The molecule has 1 saturated carbocycles. The standard InChI is InChI=1S/C17H17BrN2O5/c18-12-8-14-13(24-5-6-25-14)7-10(12)9-19-15(21)16(22)20(17(19)23)11-3-1-2-4-11/h7-8,11H,1-6,9H2. The van der Waals surface area contributed by atoms with Crippen molar-refractivity contribution in [2.45, 2.75) is 38.3 Å². The van der Waals surface area contributed by atoms with Crippen molar-refractivity contribution >= 4 is 33.8 Å². The maximum Gasteiger partial charge on any atom is 0.334 e. The molecule has 0 spiro atoms. The van der Waals surface area contributed by atoms with Crippen LogP contribution in [0, 0.1) is 0 Å². The van der Waals surface area contributed by atoms with Crippen LogP contribution in [-0.2, 0) is 16.1 Å². The van der Waals surface area contributed by atoms with E-state index >= 15 is 0 Å². The summed E-state index contributed by atoms with van der Waals surface area (Å²) < 4.78 is 11.8. The van der Waals surface area contributed by atoms with Crippen LogP contribution >= 0.6 is 15.9 Å². The highest BCUT2D eigenvalue weighted by atomic mass is 79.9. The second-order valence-electron chi connectivity index (χ2n) is 6.37. The number of benzene rings is 1. The lowest BCUT2D eigenvalue weighted by molar-refractivity contribution is -0.144. The highest BCUT2D eigenvalue weighted by molar-refractivity contribution is 9.10. The number of hydrogen-bond donors (Lipinski definition) is 0. The lowest BCUT2D eigenvalue weighted by atomic mass is 10.2. The van der Waals surface area contributed by atoms with Gasteiger partial charge in [0.2, 0.25) is 0 Å². The number of halogens is 1. The molecule has 4 rings (SSSR count). The van der Waals surface area contributed by atoms with E-state index in [-0.39, 0.29) is 12.6 Å². The van der Waals surface area contributed by atoms with E-state index in [1.54, 1.807) is 12.1 Å². The summed E-state index contributed by atoms with van der Waals surface area (Å²) >= 11 is 3.44. The summed E-state index contributed by atoms with van der Waals surface area (Å²) in [5.41, 5.74) is 0.687.